The highest BCUT2D eigenvalue weighted by Gasteiger charge is 2.00. The maximum absolute atomic E-state index is 4.13. The Morgan fingerprint density at radius 3 is 1.91 bits per heavy atom. The van der Waals surface area contributed by atoms with Gasteiger partial charge in [0.15, 0.2) is 0 Å². The summed E-state index contributed by atoms with van der Waals surface area (Å²) in [6.45, 7) is 11.3. The van der Waals surface area contributed by atoms with Crippen LogP contribution in [0.3, 0.4) is 0 Å². The number of hydrogen-bond acceptors (Lipinski definition) is 1. The van der Waals surface area contributed by atoms with Gasteiger partial charge in [-0.15, -0.1) is 0 Å². The van der Waals surface area contributed by atoms with Gasteiger partial charge >= 0.3 is 0 Å². The van der Waals surface area contributed by atoms with Gasteiger partial charge in [-0.3, -0.25) is 4.99 Å². The van der Waals surface area contributed by atoms with E-state index in [1.54, 1.807) is 0 Å². The second-order valence-electron chi connectivity index (χ2n) is 2.17. The van der Waals surface area contributed by atoms with E-state index in [1.807, 2.05) is 27.7 Å². The molecular weight excluding hydrogens is 134 g/mol. The molecule has 0 aromatic rings. The van der Waals surface area contributed by atoms with E-state index in [4.69, 9.17) is 0 Å². The monoisotopic (exact) mass is 157 g/mol. The minimum atomic E-state index is 0.744. The van der Waals surface area contributed by atoms with Crippen molar-refractivity contribution in [2.45, 2.75) is 47.5 Å². The molecule has 0 saturated heterocycles. The van der Waals surface area contributed by atoms with Crippen molar-refractivity contribution < 1.29 is 0 Å². The summed E-state index contributed by atoms with van der Waals surface area (Å²) in [4.78, 5) is 4.13. The first kappa shape index (κ1) is 13.3. The fraction of sp³-hybridized carbons (Fsp3) is 0.900. The molecule has 0 N–H and O–H groups in total. The van der Waals surface area contributed by atoms with Gasteiger partial charge in [0.2, 0.25) is 0 Å². The van der Waals surface area contributed by atoms with E-state index in [1.165, 1.54) is 12.8 Å². The molecule has 1 unspecified atom stereocenters. The van der Waals surface area contributed by atoms with Crippen LogP contribution in [0.15, 0.2) is 4.99 Å². The molecule has 0 saturated carbocycles. The molecule has 1 aliphatic rings. The second kappa shape index (κ2) is 12.4. The van der Waals surface area contributed by atoms with E-state index >= 15 is 0 Å². The van der Waals surface area contributed by atoms with Gasteiger partial charge in [0, 0.05) is 12.8 Å². The van der Waals surface area contributed by atoms with E-state index in [2.05, 4.69) is 18.1 Å². The van der Waals surface area contributed by atoms with Crippen molar-refractivity contribution in [3.8, 4) is 0 Å². The first-order valence-corrected chi connectivity index (χ1v) is 4.89. The smallest absolute Gasteiger partial charge is 0.0385 e. The van der Waals surface area contributed by atoms with Crippen molar-refractivity contribution in [2.24, 2.45) is 10.9 Å². The van der Waals surface area contributed by atoms with Crippen molar-refractivity contribution >= 4 is 6.21 Å². The molecule has 0 spiro atoms. The van der Waals surface area contributed by atoms with Gasteiger partial charge in [0.1, 0.15) is 0 Å². The topological polar surface area (TPSA) is 12.4 Å². The number of hydrogen-bond donors (Lipinski definition) is 0. The molecule has 1 aliphatic heterocycles. The summed E-state index contributed by atoms with van der Waals surface area (Å²) in [5.74, 6) is 0.744. The molecule has 1 atom stereocenters. The average molecular weight is 157 g/mol. The van der Waals surface area contributed by atoms with Crippen molar-refractivity contribution in [1.29, 1.82) is 0 Å². The van der Waals surface area contributed by atoms with Crippen LogP contribution in [-0.2, 0) is 0 Å². The lowest BCUT2D eigenvalue weighted by Crippen LogP contribution is -2.02. The third kappa shape index (κ3) is 9.67. The zero-order chi connectivity index (χ0) is 9.11. The summed E-state index contributed by atoms with van der Waals surface area (Å²) >= 11 is 0. The summed E-state index contributed by atoms with van der Waals surface area (Å²) in [5.41, 5.74) is 0. The van der Waals surface area contributed by atoms with Gasteiger partial charge in [-0.2, -0.15) is 0 Å². The predicted molar refractivity (Wildman–Crippen MR) is 54.5 cm³/mol. The molecule has 0 fully saturated rings. The fourth-order valence-electron chi connectivity index (χ4n) is 0.834. The molecule has 1 heteroatoms. The molecule has 0 amide bonds. The highest BCUT2D eigenvalue weighted by Crippen LogP contribution is 2.06. The lowest BCUT2D eigenvalue weighted by atomic mass is 10.1. The highest BCUT2D eigenvalue weighted by atomic mass is 14.7. The van der Waals surface area contributed by atoms with Crippen LogP contribution in [-0.4, -0.2) is 12.8 Å². The molecule has 0 aliphatic carbocycles. The lowest BCUT2D eigenvalue weighted by molar-refractivity contribution is 0.622. The van der Waals surface area contributed by atoms with E-state index in [0.29, 0.717) is 0 Å². The summed E-state index contributed by atoms with van der Waals surface area (Å²) in [7, 11) is 0. The van der Waals surface area contributed by atoms with Gasteiger partial charge in [-0.25, -0.2) is 0 Å². The Hall–Kier alpha value is -0.330. The van der Waals surface area contributed by atoms with E-state index in [-0.39, 0.29) is 0 Å². The number of rotatable bonds is 0. The normalized spacial score (nSPS) is 20.6. The van der Waals surface area contributed by atoms with Crippen LogP contribution in [0.2, 0.25) is 0 Å². The zero-order valence-electron chi connectivity index (χ0n) is 8.72. The standard InChI is InChI=1S/C6H11N.2C2H6/c1-6-3-2-4-7-5-6;2*1-2/h5-6H,2-4H2,1H3;2*1-2H3. The second-order valence-corrected chi connectivity index (χ2v) is 2.17. The van der Waals surface area contributed by atoms with Gasteiger partial charge < -0.3 is 0 Å². The molecular formula is C10H23N. The van der Waals surface area contributed by atoms with Crippen LogP contribution in [0.1, 0.15) is 47.5 Å². The van der Waals surface area contributed by atoms with E-state index in [9.17, 15) is 0 Å². The third-order valence-corrected chi connectivity index (χ3v) is 1.31. The van der Waals surface area contributed by atoms with Gasteiger partial charge in [-0.1, -0.05) is 34.6 Å². The molecule has 68 valence electrons. The number of nitrogens with zero attached hydrogens (tertiary/aromatic N) is 1. The Balaban J connectivity index is 0. The largest absolute Gasteiger partial charge is 0.297 e. The van der Waals surface area contributed by atoms with Crippen LogP contribution >= 0.6 is 0 Å². The van der Waals surface area contributed by atoms with E-state index in [0.717, 1.165) is 12.5 Å². The lowest BCUT2D eigenvalue weighted by Gasteiger charge is -2.07. The Morgan fingerprint density at radius 1 is 1.18 bits per heavy atom. The predicted octanol–water partition coefficient (Wildman–Crippen LogP) is 3.54. The summed E-state index contributed by atoms with van der Waals surface area (Å²) < 4.78 is 0. The average Bonchev–Trinajstić information content (AvgIpc) is 2.13. The first-order chi connectivity index (χ1) is 5.39. The third-order valence-electron chi connectivity index (χ3n) is 1.31. The molecule has 0 radical (unpaired) electrons. The molecule has 1 heterocycles. The molecule has 0 bridgehead atoms. The molecule has 0 aromatic carbocycles. The summed E-state index contributed by atoms with van der Waals surface area (Å²) in [6.07, 6.45) is 4.69. The van der Waals surface area contributed by atoms with Crippen LogP contribution in [0.4, 0.5) is 0 Å². The van der Waals surface area contributed by atoms with Crippen molar-refractivity contribution in [3.05, 3.63) is 0 Å². The number of aliphatic imine (C=N–C) groups is 1. The molecule has 11 heavy (non-hydrogen) atoms. The molecule has 1 nitrogen and oxygen atoms in total. The van der Waals surface area contributed by atoms with Crippen molar-refractivity contribution in [3.63, 3.8) is 0 Å². The minimum Gasteiger partial charge on any atom is -0.297 e. The summed E-state index contributed by atoms with van der Waals surface area (Å²) in [5, 5.41) is 0. The maximum Gasteiger partial charge on any atom is 0.0385 e. The summed E-state index contributed by atoms with van der Waals surface area (Å²) in [6, 6.07) is 0. The minimum absolute atomic E-state index is 0.744. The Morgan fingerprint density at radius 2 is 1.73 bits per heavy atom. The van der Waals surface area contributed by atoms with Crippen molar-refractivity contribution in [1.82, 2.24) is 0 Å². The molecule has 1 rings (SSSR count). The van der Waals surface area contributed by atoms with Crippen molar-refractivity contribution in [2.75, 3.05) is 6.54 Å². The molecule has 0 aromatic heterocycles. The van der Waals surface area contributed by atoms with E-state index < -0.39 is 0 Å². The van der Waals surface area contributed by atoms with Crippen LogP contribution in [0, 0.1) is 5.92 Å². The highest BCUT2D eigenvalue weighted by molar-refractivity contribution is 5.60. The fourth-order valence-corrected chi connectivity index (χ4v) is 0.834. The van der Waals surface area contributed by atoms with Crippen LogP contribution in [0.25, 0.3) is 0 Å². The Labute approximate surface area is 71.9 Å². The quantitative estimate of drug-likeness (QED) is 0.510. The van der Waals surface area contributed by atoms with Gasteiger partial charge in [0.05, 0.1) is 0 Å². The zero-order valence-corrected chi connectivity index (χ0v) is 8.72. The first-order valence-electron chi connectivity index (χ1n) is 4.89. The Bertz CT molecular complexity index is 76.9. The van der Waals surface area contributed by atoms with Crippen LogP contribution < -0.4 is 0 Å². The van der Waals surface area contributed by atoms with Gasteiger partial charge in [0.25, 0.3) is 0 Å². The SMILES string of the molecule is CC.CC.CC1C=NCCC1. The van der Waals surface area contributed by atoms with Gasteiger partial charge in [-0.05, 0) is 18.8 Å². The maximum atomic E-state index is 4.13. The Kier molecular flexibility index (Phi) is 14.9. The van der Waals surface area contributed by atoms with Crippen LogP contribution in [0.5, 0.6) is 0 Å².